The van der Waals surface area contributed by atoms with Gasteiger partial charge in [0.25, 0.3) is 0 Å². The van der Waals surface area contributed by atoms with E-state index >= 15 is 0 Å². The van der Waals surface area contributed by atoms with Crippen molar-refractivity contribution in [1.82, 2.24) is 14.5 Å². The van der Waals surface area contributed by atoms with Crippen molar-refractivity contribution in [1.29, 1.82) is 0 Å². The molecule has 0 spiro atoms. The summed E-state index contributed by atoms with van der Waals surface area (Å²) in [6.45, 7) is 0.564. The molecule has 0 saturated heterocycles. The van der Waals surface area contributed by atoms with E-state index in [-0.39, 0.29) is 0 Å². The minimum absolute atomic E-state index is 0.564. The zero-order chi connectivity index (χ0) is 24.4. The maximum Gasteiger partial charge on any atom is 0.184 e. The first-order valence-corrected chi connectivity index (χ1v) is 12.9. The van der Waals surface area contributed by atoms with Crippen LogP contribution in [0.3, 0.4) is 0 Å². The molecule has 1 N–H and O–H groups in total. The minimum atomic E-state index is -0.568. The molecule has 0 radical (unpaired) electrons. The molecule has 0 aliphatic carbocycles. The van der Waals surface area contributed by atoms with Gasteiger partial charge in [0.15, 0.2) is 5.13 Å². The van der Waals surface area contributed by atoms with Crippen LogP contribution in [0, 0.1) is 0 Å². The Morgan fingerprint density at radius 3 is 1.94 bits per heavy atom. The van der Waals surface area contributed by atoms with Crippen molar-refractivity contribution in [3.05, 3.63) is 149 Å². The fourth-order valence-electron chi connectivity index (χ4n) is 4.76. The maximum atomic E-state index is 6.14. The maximum absolute atomic E-state index is 6.14. The molecule has 0 unspecified atom stereocenters. The SMILES string of the molecule is Clc1ccc2nc(NCc3cn(C(c4ccccc4)(c4ccccc4)c4ccccc4)cn3)sc2c1. The van der Waals surface area contributed by atoms with Gasteiger partial charge in [0.1, 0.15) is 5.54 Å². The van der Waals surface area contributed by atoms with Gasteiger partial charge in [0, 0.05) is 11.2 Å². The van der Waals surface area contributed by atoms with Crippen LogP contribution in [0.25, 0.3) is 10.2 Å². The molecule has 4 nitrogen and oxygen atoms in total. The summed E-state index contributed by atoms with van der Waals surface area (Å²) < 4.78 is 3.29. The van der Waals surface area contributed by atoms with E-state index in [1.807, 2.05) is 24.5 Å². The van der Waals surface area contributed by atoms with Gasteiger partial charge in [-0.1, -0.05) is 114 Å². The van der Waals surface area contributed by atoms with Gasteiger partial charge in [-0.3, -0.25) is 0 Å². The smallest absolute Gasteiger partial charge is 0.184 e. The monoisotopic (exact) mass is 506 g/mol. The van der Waals surface area contributed by atoms with Crippen LogP contribution < -0.4 is 5.32 Å². The Hall–Kier alpha value is -3.93. The fraction of sp³-hybridized carbons (Fsp3) is 0.0667. The van der Waals surface area contributed by atoms with Gasteiger partial charge < -0.3 is 9.88 Å². The molecule has 0 bridgehead atoms. The Morgan fingerprint density at radius 2 is 1.36 bits per heavy atom. The summed E-state index contributed by atoms with van der Waals surface area (Å²) in [7, 11) is 0. The number of aromatic nitrogens is 3. The highest BCUT2D eigenvalue weighted by Crippen LogP contribution is 2.40. The van der Waals surface area contributed by atoms with E-state index < -0.39 is 5.54 Å². The summed E-state index contributed by atoms with van der Waals surface area (Å²) in [5, 5.41) is 5.01. The average Bonchev–Trinajstić information content (AvgIpc) is 3.57. The van der Waals surface area contributed by atoms with E-state index in [9.17, 15) is 0 Å². The molecule has 0 saturated carbocycles. The highest BCUT2D eigenvalue weighted by molar-refractivity contribution is 7.22. The fourth-order valence-corrected chi connectivity index (χ4v) is 5.90. The number of halogens is 1. The normalized spacial score (nSPS) is 11.6. The zero-order valence-electron chi connectivity index (χ0n) is 19.4. The summed E-state index contributed by atoms with van der Waals surface area (Å²) in [5.74, 6) is 0. The lowest BCUT2D eigenvalue weighted by atomic mass is 9.77. The first kappa shape index (κ1) is 22.5. The Labute approximate surface area is 218 Å². The molecule has 0 aliphatic heterocycles. The number of rotatable bonds is 7. The number of anilines is 1. The molecule has 6 aromatic rings. The third kappa shape index (κ3) is 4.06. The molecule has 6 heteroatoms. The van der Waals surface area contributed by atoms with Crippen molar-refractivity contribution >= 4 is 38.3 Å². The van der Waals surface area contributed by atoms with Crippen LogP contribution >= 0.6 is 22.9 Å². The highest BCUT2D eigenvalue weighted by Gasteiger charge is 2.38. The Morgan fingerprint density at radius 1 is 0.778 bits per heavy atom. The first-order chi connectivity index (χ1) is 17.7. The molecule has 6 rings (SSSR count). The lowest BCUT2D eigenvalue weighted by Gasteiger charge is -2.37. The van der Waals surface area contributed by atoms with Crippen molar-refractivity contribution in [2.75, 3.05) is 5.32 Å². The number of nitrogens with zero attached hydrogens (tertiary/aromatic N) is 3. The number of hydrogen-bond acceptors (Lipinski definition) is 4. The Balaban J connectivity index is 1.42. The van der Waals surface area contributed by atoms with Crippen LogP contribution in [0.1, 0.15) is 22.4 Å². The standard InChI is InChI=1S/C30H23ClN4S/c31-25-16-17-27-28(18-25)36-29(34-27)32-19-26-20-35(21-33-26)30(22-10-4-1-5-11-22,23-12-6-2-7-13-23)24-14-8-3-9-15-24/h1-18,20-21H,19H2,(H,32,34). The summed E-state index contributed by atoms with van der Waals surface area (Å²) in [4.78, 5) is 9.48. The second-order valence-corrected chi connectivity index (χ2v) is 10.0. The van der Waals surface area contributed by atoms with Gasteiger partial charge in [-0.25, -0.2) is 9.97 Å². The quantitative estimate of drug-likeness (QED) is 0.227. The third-order valence-corrected chi connectivity index (χ3v) is 7.58. The molecule has 0 amide bonds. The van der Waals surface area contributed by atoms with Crippen LogP contribution in [-0.2, 0) is 12.1 Å². The predicted molar refractivity (Wildman–Crippen MR) is 149 cm³/mol. The van der Waals surface area contributed by atoms with Crippen LogP contribution in [0.2, 0.25) is 5.02 Å². The molecule has 0 aliphatic rings. The van der Waals surface area contributed by atoms with E-state index in [2.05, 4.69) is 112 Å². The van der Waals surface area contributed by atoms with E-state index in [0.29, 0.717) is 6.54 Å². The largest absolute Gasteiger partial charge is 0.356 e. The minimum Gasteiger partial charge on any atom is -0.356 e. The van der Waals surface area contributed by atoms with Crippen LogP contribution in [0.4, 0.5) is 5.13 Å². The topological polar surface area (TPSA) is 42.7 Å². The van der Waals surface area contributed by atoms with Gasteiger partial charge in [-0.05, 0) is 34.9 Å². The molecule has 0 fully saturated rings. The van der Waals surface area contributed by atoms with E-state index in [4.69, 9.17) is 16.6 Å². The van der Waals surface area contributed by atoms with Crippen LogP contribution in [0.5, 0.6) is 0 Å². The molecule has 2 aromatic heterocycles. The van der Waals surface area contributed by atoms with Crippen LogP contribution in [-0.4, -0.2) is 14.5 Å². The molecule has 176 valence electrons. The summed E-state index contributed by atoms with van der Waals surface area (Å²) in [6.07, 6.45) is 4.06. The Bertz CT molecular complexity index is 1500. The van der Waals surface area contributed by atoms with Gasteiger partial charge in [-0.2, -0.15) is 0 Å². The number of thiazole rings is 1. The molecule has 2 heterocycles. The lowest BCUT2D eigenvalue weighted by Crippen LogP contribution is -2.36. The number of imidazole rings is 1. The first-order valence-electron chi connectivity index (χ1n) is 11.7. The third-order valence-electron chi connectivity index (χ3n) is 6.37. The molecule has 36 heavy (non-hydrogen) atoms. The van der Waals surface area contributed by atoms with Gasteiger partial charge in [-0.15, -0.1) is 0 Å². The van der Waals surface area contributed by atoms with Gasteiger partial charge in [0.2, 0.25) is 0 Å². The highest BCUT2D eigenvalue weighted by atomic mass is 35.5. The van der Waals surface area contributed by atoms with Crippen LogP contribution in [0.15, 0.2) is 122 Å². The van der Waals surface area contributed by atoms with Crippen molar-refractivity contribution in [3.63, 3.8) is 0 Å². The molecule has 0 atom stereocenters. The number of benzene rings is 4. The van der Waals surface area contributed by atoms with E-state index in [1.165, 1.54) is 16.7 Å². The number of fused-ring (bicyclic) bond motifs is 1. The van der Waals surface area contributed by atoms with E-state index in [0.717, 1.165) is 26.1 Å². The van der Waals surface area contributed by atoms with Crippen molar-refractivity contribution in [2.24, 2.45) is 0 Å². The second-order valence-electron chi connectivity index (χ2n) is 8.57. The Kier molecular flexibility index (Phi) is 6.01. The lowest BCUT2D eigenvalue weighted by molar-refractivity contribution is 0.514. The molecular formula is C30H23ClN4S. The summed E-state index contributed by atoms with van der Waals surface area (Å²) in [6, 6.07) is 37.6. The van der Waals surface area contributed by atoms with Gasteiger partial charge >= 0.3 is 0 Å². The van der Waals surface area contributed by atoms with Crippen molar-refractivity contribution in [2.45, 2.75) is 12.1 Å². The number of nitrogens with one attached hydrogen (secondary N) is 1. The number of hydrogen-bond donors (Lipinski definition) is 1. The summed E-state index contributed by atoms with van der Waals surface area (Å²) >= 11 is 7.74. The predicted octanol–water partition coefficient (Wildman–Crippen LogP) is 7.60. The average molecular weight is 507 g/mol. The summed E-state index contributed by atoms with van der Waals surface area (Å²) in [5.41, 5.74) is 4.81. The van der Waals surface area contributed by atoms with Crippen molar-refractivity contribution < 1.29 is 0 Å². The molecular weight excluding hydrogens is 484 g/mol. The second kappa shape index (κ2) is 9.61. The zero-order valence-corrected chi connectivity index (χ0v) is 21.0. The molecule has 4 aromatic carbocycles. The van der Waals surface area contributed by atoms with Gasteiger partial charge in [0.05, 0.1) is 28.8 Å². The van der Waals surface area contributed by atoms with E-state index in [1.54, 1.807) is 11.3 Å². The van der Waals surface area contributed by atoms with Crippen molar-refractivity contribution in [3.8, 4) is 0 Å².